The molecule has 0 spiro atoms. The van der Waals surface area contributed by atoms with Crippen molar-refractivity contribution in [3.8, 4) is 0 Å². The van der Waals surface area contributed by atoms with E-state index in [2.05, 4.69) is 23.8 Å². The second-order valence-corrected chi connectivity index (χ2v) is 5.95. The van der Waals surface area contributed by atoms with Crippen molar-refractivity contribution < 1.29 is 9.59 Å². The maximum absolute atomic E-state index is 12.5. The number of amides is 2. The van der Waals surface area contributed by atoms with Gasteiger partial charge in [0, 0.05) is 22.3 Å². The van der Waals surface area contributed by atoms with Gasteiger partial charge in [-0.2, -0.15) is 0 Å². The van der Waals surface area contributed by atoms with Crippen molar-refractivity contribution in [3.05, 3.63) is 96.1 Å². The van der Waals surface area contributed by atoms with Gasteiger partial charge < -0.3 is 10.6 Å². The molecule has 4 nitrogen and oxygen atoms in total. The lowest BCUT2D eigenvalue weighted by Crippen LogP contribution is -2.59. The van der Waals surface area contributed by atoms with Gasteiger partial charge in [0.15, 0.2) is 5.66 Å². The lowest BCUT2D eigenvalue weighted by Gasteiger charge is -2.37. The fourth-order valence-electron chi connectivity index (χ4n) is 2.42. The third kappa shape index (κ3) is 4.04. The molecular weight excluding hydrogens is 312 g/mol. The van der Waals surface area contributed by atoms with Crippen molar-refractivity contribution in [1.82, 2.24) is 10.6 Å². The van der Waals surface area contributed by atoms with E-state index in [1.807, 2.05) is 60.7 Å². The number of carbonyl (C=O) groups is 2. The molecule has 0 aliphatic rings. The van der Waals surface area contributed by atoms with Crippen molar-refractivity contribution in [2.45, 2.75) is 19.5 Å². The Bertz CT molecular complexity index is 726. The number of carbonyl (C=O) groups excluding carboxylic acids is 2. The first-order valence-corrected chi connectivity index (χ1v) is 7.94. The molecule has 0 unspecified atom stereocenters. The van der Waals surface area contributed by atoms with E-state index in [1.165, 1.54) is 0 Å². The van der Waals surface area contributed by atoms with E-state index in [0.29, 0.717) is 11.1 Å². The SMILES string of the molecule is C=C(C)C(=O)NC(NC(=O)C(=C)C)(c1ccccc1)c1ccccc1. The molecule has 0 aliphatic carbocycles. The van der Waals surface area contributed by atoms with Crippen LogP contribution in [0.4, 0.5) is 0 Å². The molecule has 128 valence electrons. The maximum atomic E-state index is 12.5. The molecule has 2 aromatic carbocycles. The van der Waals surface area contributed by atoms with Crippen LogP contribution in [-0.2, 0) is 15.3 Å². The summed E-state index contributed by atoms with van der Waals surface area (Å²) in [6.45, 7) is 10.6. The molecule has 0 fully saturated rings. The average Bonchev–Trinajstić information content (AvgIpc) is 2.62. The predicted octanol–water partition coefficient (Wildman–Crippen LogP) is 3.27. The Morgan fingerprint density at radius 2 is 1.04 bits per heavy atom. The van der Waals surface area contributed by atoms with Gasteiger partial charge in [-0.05, 0) is 13.8 Å². The largest absolute Gasteiger partial charge is 0.322 e. The maximum Gasteiger partial charge on any atom is 0.248 e. The van der Waals surface area contributed by atoms with E-state index >= 15 is 0 Å². The Labute approximate surface area is 148 Å². The Kier molecular flexibility index (Phi) is 5.55. The number of hydrogen-bond acceptors (Lipinski definition) is 2. The lowest BCUT2D eigenvalue weighted by atomic mass is 9.90. The quantitative estimate of drug-likeness (QED) is 0.629. The van der Waals surface area contributed by atoms with Gasteiger partial charge >= 0.3 is 0 Å². The first-order valence-electron chi connectivity index (χ1n) is 7.94. The third-order valence-electron chi connectivity index (χ3n) is 3.79. The summed E-state index contributed by atoms with van der Waals surface area (Å²) < 4.78 is 0. The molecule has 0 aliphatic heterocycles. The molecule has 4 heteroatoms. The zero-order chi connectivity index (χ0) is 18.4. The second-order valence-electron chi connectivity index (χ2n) is 5.95. The van der Waals surface area contributed by atoms with Crippen LogP contribution in [0.2, 0.25) is 0 Å². The number of benzene rings is 2. The molecule has 2 amide bonds. The topological polar surface area (TPSA) is 58.2 Å². The van der Waals surface area contributed by atoms with E-state index in [-0.39, 0.29) is 11.8 Å². The smallest absolute Gasteiger partial charge is 0.248 e. The number of rotatable bonds is 6. The molecule has 0 heterocycles. The minimum Gasteiger partial charge on any atom is -0.322 e. The number of hydrogen-bond donors (Lipinski definition) is 2. The zero-order valence-electron chi connectivity index (χ0n) is 14.5. The summed E-state index contributed by atoms with van der Waals surface area (Å²) in [5, 5.41) is 5.87. The van der Waals surface area contributed by atoms with Crippen LogP contribution < -0.4 is 10.6 Å². The highest BCUT2D eigenvalue weighted by atomic mass is 16.2. The lowest BCUT2D eigenvalue weighted by molar-refractivity contribution is -0.122. The van der Waals surface area contributed by atoms with Crippen LogP contribution in [0.5, 0.6) is 0 Å². The Morgan fingerprint density at radius 1 is 0.720 bits per heavy atom. The molecule has 25 heavy (non-hydrogen) atoms. The molecule has 0 radical (unpaired) electrons. The predicted molar refractivity (Wildman–Crippen MR) is 99.6 cm³/mol. The standard InChI is InChI=1S/C21H22N2O2/c1-15(2)19(24)22-21(23-20(25)16(3)4,17-11-7-5-8-12-17)18-13-9-6-10-14-18/h5-14H,1,3H2,2,4H3,(H,22,24)(H,23,25). The first-order chi connectivity index (χ1) is 11.9. The summed E-state index contributed by atoms with van der Waals surface area (Å²) in [5.74, 6) is -0.704. The van der Waals surface area contributed by atoms with Gasteiger partial charge in [0.2, 0.25) is 11.8 Å². The van der Waals surface area contributed by atoms with Crippen LogP contribution in [0.25, 0.3) is 0 Å². The Morgan fingerprint density at radius 3 is 1.32 bits per heavy atom. The fraction of sp³-hybridized carbons (Fsp3) is 0.143. The highest BCUT2D eigenvalue weighted by Crippen LogP contribution is 2.28. The summed E-state index contributed by atoms with van der Waals surface area (Å²) in [6, 6.07) is 18.6. The van der Waals surface area contributed by atoms with Gasteiger partial charge in [0.05, 0.1) is 0 Å². The van der Waals surface area contributed by atoms with Gasteiger partial charge in [0.25, 0.3) is 0 Å². The second kappa shape index (κ2) is 7.62. The molecule has 2 N–H and O–H groups in total. The van der Waals surface area contributed by atoms with Crippen LogP contribution in [0, 0.1) is 0 Å². The summed E-state index contributed by atoms with van der Waals surface area (Å²) in [4.78, 5) is 24.9. The van der Waals surface area contributed by atoms with Crippen molar-refractivity contribution in [3.63, 3.8) is 0 Å². The summed E-state index contributed by atoms with van der Waals surface area (Å²) in [5.41, 5.74) is 0.923. The highest BCUT2D eigenvalue weighted by molar-refractivity contribution is 5.96. The van der Waals surface area contributed by atoms with E-state index in [0.717, 1.165) is 11.1 Å². The van der Waals surface area contributed by atoms with Crippen molar-refractivity contribution in [2.75, 3.05) is 0 Å². The number of nitrogens with one attached hydrogen (secondary N) is 2. The molecule has 0 saturated carbocycles. The van der Waals surface area contributed by atoms with Crippen molar-refractivity contribution >= 4 is 11.8 Å². The third-order valence-corrected chi connectivity index (χ3v) is 3.79. The molecule has 0 aromatic heterocycles. The molecular formula is C21H22N2O2. The van der Waals surface area contributed by atoms with Gasteiger partial charge in [-0.25, -0.2) is 0 Å². The summed E-state index contributed by atoms with van der Waals surface area (Å²) >= 11 is 0. The average molecular weight is 334 g/mol. The highest BCUT2D eigenvalue weighted by Gasteiger charge is 2.37. The summed E-state index contributed by atoms with van der Waals surface area (Å²) in [6.07, 6.45) is 0. The van der Waals surface area contributed by atoms with Gasteiger partial charge in [0.1, 0.15) is 0 Å². The monoisotopic (exact) mass is 334 g/mol. The van der Waals surface area contributed by atoms with Crippen LogP contribution in [0.3, 0.4) is 0 Å². The van der Waals surface area contributed by atoms with Crippen molar-refractivity contribution in [2.24, 2.45) is 0 Å². The van der Waals surface area contributed by atoms with E-state index < -0.39 is 5.66 Å². The van der Waals surface area contributed by atoms with Crippen LogP contribution in [0.1, 0.15) is 25.0 Å². The van der Waals surface area contributed by atoms with E-state index in [9.17, 15) is 9.59 Å². The van der Waals surface area contributed by atoms with E-state index in [1.54, 1.807) is 13.8 Å². The van der Waals surface area contributed by atoms with Crippen LogP contribution in [-0.4, -0.2) is 11.8 Å². The normalized spacial score (nSPS) is 10.6. The molecule has 2 rings (SSSR count). The summed E-state index contributed by atoms with van der Waals surface area (Å²) in [7, 11) is 0. The minimum atomic E-state index is -1.23. The fourth-order valence-corrected chi connectivity index (χ4v) is 2.42. The Hall–Kier alpha value is -3.14. The minimum absolute atomic E-state index is 0.348. The Balaban J connectivity index is 2.68. The van der Waals surface area contributed by atoms with Gasteiger partial charge in [-0.3, -0.25) is 9.59 Å². The van der Waals surface area contributed by atoms with Gasteiger partial charge in [-0.1, -0.05) is 73.8 Å². The van der Waals surface area contributed by atoms with E-state index in [4.69, 9.17) is 0 Å². The molecule has 2 aromatic rings. The molecule has 0 saturated heterocycles. The van der Waals surface area contributed by atoms with Gasteiger partial charge in [-0.15, -0.1) is 0 Å². The molecule has 0 atom stereocenters. The first kappa shape index (κ1) is 18.2. The zero-order valence-corrected chi connectivity index (χ0v) is 14.5. The van der Waals surface area contributed by atoms with Crippen LogP contribution >= 0.6 is 0 Å². The molecule has 0 bridgehead atoms. The van der Waals surface area contributed by atoms with Crippen molar-refractivity contribution in [1.29, 1.82) is 0 Å². The van der Waals surface area contributed by atoms with Crippen LogP contribution in [0.15, 0.2) is 85.0 Å².